The zero-order chi connectivity index (χ0) is 18.4. The maximum atomic E-state index is 12.5. The average Bonchev–Trinajstić information content (AvgIpc) is 3.40. The number of amides is 1. The smallest absolute Gasteiger partial charge is 0.295 e. The van der Waals surface area contributed by atoms with Gasteiger partial charge in [0.1, 0.15) is 0 Å². The van der Waals surface area contributed by atoms with Gasteiger partial charge in [-0.25, -0.2) is 14.5 Å². The third kappa shape index (κ3) is 2.87. The van der Waals surface area contributed by atoms with Crippen LogP contribution < -0.4 is 5.32 Å². The molecule has 5 rings (SSSR count). The fourth-order valence-corrected chi connectivity index (χ4v) is 4.07. The second kappa shape index (κ2) is 6.24. The van der Waals surface area contributed by atoms with E-state index in [0.29, 0.717) is 10.9 Å². The number of hydrogen-bond acceptors (Lipinski definition) is 6. The number of thiazole rings is 1. The monoisotopic (exact) mass is 376 g/mol. The molecule has 0 aliphatic heterocycles. The van der Waals surface area contributed by atoms with Crippen molar-refractivity contribution in [2.45, 2.75) is 26.2 Å². The van der Waals surface area contributed by atoms with Crippen molar-refractivity contribution in [3.05, 3.63) is 58.5 Å². The van der Waals surface area contributed by atoms with E-state index in [1.807, 2.05) is 18.4 Å². The van der Waals surface area contributed by atoms with Crippen molar-refractivity contribution in [1.29, 1.82) is 0 Å². The normalized spacial score (nSPS) is 13.1. The van der Waals surface area contributed by atoms with Crippen LogP contribution in [0, 0.1) is 6.92 Å². The Morgan fingerprint density at radius 1 is 1.19 bits per heavy atom. The lowest BCUT2D eigenvalue weighted by Crippen LogP contribution is -2.13. The van der Waals surface area contributed by atoms with Crippen LogP contribution >= 0.6 is 11.3 Å². The van der Waals surface area contributed by atoms with Gasteiger partial charge in [-0.1, -0.05) is 12.1 Å². The van der Waals surface area contributed by atoms with E-state index in [4.69, 9.17) is 0 Å². The van der Waals surface area contributed by atoms with Crippen LogP contribution in [0.3, 0.4) is 0 Å². The molecule has 1 amide bonds. The lowest BCUT2D eigenvalue weighted by atomic mass is 10.1. The molecular formula is C19H16N6OS. The summed E-state index contributed by atoms with van der Waals surface area (Å²) in [6.07, 6.45) is 5.15. The first-order valence-electron chi connectivity index (χ1n) is 8.75. The summed E-state index contributed by atoms with van der Waals surface area (Å²) in [7, 11) is 0. The molecule has 0 spiro atoms. The Morgan fingerprint density at radius 3 is 2.96 bits per heavy atom. The first-order chi connectivity index (χ1) is 13.2. The minimum atomic E-state index is -0.394. The third-order valence-corrected chi connectivity index (χ3v) is 5.51. The third-order valence-electron chi connectivity index (χ3n) is 4.75. The fraction of sp³-hybridized carbons (Fsp3) is 0.211. The fourth-order valence-electron chi connectivity index (χ4n) is 3.35. The van der Waals surface area contributed by atoms with Crippen LogP contribution in [0.25, 0.3) is 17.0 Å². The molecule has 0 fully saturated rings. The highest BCUT2D eigenvalue weighted by molar-refractivity contribution is 7.14. The van der Waals surface area contributed by atoms with Crippen LogP contribution in [0.2, 0.25) is 0 Å². The molecule has 0 saturated carbocycles. The second-order valence-corrected chi connectivity index (χ2v) is 7.42. The van der Waals surface area contributed by atoms with Gasteiger partial charge in [0, 0.05) is 22.8 Å². The molecule has 8 heteroatoms. The Kier molecular flexibility index (Phi) is 3.71. The lowest BCUT2D eigenvalue weighted by molar-refractivity contribution is 0.101. The zero-order valence-corrected chi connectivity index (χ0v) is 15.5. The number of rotatable bonds is 3. The van der Waals surface area contributed by atoms with Gasteiger partial charge >= 0.3 is 0 Å². The van der Waals surface area contributed by atoms with Gasteiger partial charge in [-0.2, -0.15) is 4.98 Å². The van der Waals surface area contributed by atoms with Crippen molar-refractivity contribution in [3.63, 3.8) is 0 Å². The van der Waals surface area contributed by atoms with Crippen molar-refractivity contribution >= 4 is 28.2 Å². The maximum Gasteiger partial charge on any atom is 0.297 e. The lowest BCUT2D eigenvalue weighted by Gasteiger charge is -2.02. The number of nitrogens with one attached hydrogen (secondary N) is 1. The summed E-state index contributed by atoms with van der Waals surface area (Å²) in [4.78, 5) is 25.3. The minimum absolute atomic E-state index is 0.0751. The number of hydrogen-bond donors (Lipinski definition) is 1. The minimum Gasteiger partial charge on any atom is -0.295 e. The number of nitrogens with zero attached hydrogens (tertiary/aromatic N) is 5. The number of aryl methyl sites for hydroxylation is 3. The van der Waals surface area contributed by atoms with Crippen molar-refractivity contribution in [3.8, 4) is 11.3 Å². The topological polar surface area (TPSA) is 85.1 Å². The molecule has 1 aliphatic rings. The van der Waals surface area contributed by atoms with Crippen LogP contribution in [0.1, 0.15) is 33.9 Å². The van der Waals surface area contributed by atoms with Gasteiger partial charge < -0.3 is 0 Å². The molecule has 1 aliphatic carbocycles. The van der Waals surface area contributed by atoms with Crippen molar-refractivity contribution in [2.75, 3.05) is 5.32 Å². The van der Waals surface area contributed by atoms with E-state index in [9.17, 15) is 4.79 Å². The summed E-state index contributed by atoms with van der Waals surface area (Å²) >= 11 is 1.39. The molecule has 0 radical (unpaired) electrons. The van der Waals surface area contributed by atoms with E-state index in [2.05, 4.69) is 43.6 Å². The van der Waals surface area contributed by atoms with E-state index < -0.39 is 5.91 Å². The van der Waals surface area contributed by atoms with E-state index in [-0.39, 0.29) is 5.82 Å². The van der Waals surface area contributed by atoms with Gasteiger partial charge in [-0.15, -0.1) is 16.4 Å². The Hall–Kier alpha value is -3.13. The van der Waals surface area contributed by atoms with Gasteiger partial charge in [-0.3, -0.25) is 10.1 Å². The molecule has 0 bridgehead atoms. The Bertz CT molecular complexity index is 1180. The standard InChI is InChI=1S/C19H16N6OS/c1-11-7-8-20-18-22-16(24-25(11)18)17(26)23-19-21-15(10-27-19)14-6-5-12-3-2-4-13(12)9-14/h5-10H,2-4H2,1H3,(H,21,23,26). The number of carbonyl (C=O) groups is 1. The highest BCUT2D eigenvalue weighted by Gasteiger charge is 2.17. The van der Waals surface area contributed by atoms with Gasteiger partial charge in [0.15, 0.2) is 5.13 Å². The molecule has 0 atom stereocenters. The highest BCUT2D eigenvalue weighted by Crippen LogP contribution is 2.30. The predicted octanol–water partition coefficient (Wildman–Crippen LogP) is 3.30. The van der Waals surface area contributed by atoms with Crippen molar-refractivity contribution in [1.82, 2.24) is 24.6 Å². The summed E-state index contributed by atoms with van der Waals surface area (Å²) in [6, 6.07) is 8.31. The van der Waals surface area contributed by atoms with Crippen LogP contribution in [-0.2, 0) is 12.8 Å². The summed E-state index contributed by atoms with van der Waals surface area (Å²) in [5.41, 5.74) is 5.65. The number of anilines is 1. The number of aromatic nitrogens is 5. The number of carbonyl (C=O) groups excluding carboxylic acids is 1. The molecular weight excluding hydrogens is 360 g/mol. The van der Waals surface area contributed by atoms with E-state index >= 15 is 0 Å². The van der Waals surface area contributed by atoms with Gasteiger partial charge in [0.05, 0.1) is 5.69 Å². The first kappa shape index (κ1) is 16.1. The Balaban J connectivity index is 1.38. The van der Waals surface area contributed by atoms with Gasteiger partial charge in [0.25, 0.3) is 11.7 Å². The average molecular weight is 376 g/mol. The van der Waals surface area contributed by atoms with Crippen LogP contribution in [0.15, 0.2) is 35.8 Å². The number of benzene rings is 1. The molecule has 1 aromatic carbocycles. The molecule has 7 nitrogen and oxygen atoms in total. The van der Waals surface area contributed by atoms with E-state index in [1.54, 1.807) is 10.7 Å². The van der Waals surface area contributed by atoms with Crippen LogP contribution in [-0.4, -0.2) is 30.5 Å². The van der Waals surface area contributed by atoms with Crippen molar-refractivity contribution < 1.29 is 4.79 Å². The summed E-state index contributed by atoms with van der Waals surface area (Å²) in [5.74, 6) is 0.0824. The van der Waals surface area contributed by atoms with E-state index in [0.717, 1.165) is 29.8 Å². The number of fused-ring (bicyclic) bond motifs is 2. The summed E-state index contributed by atoms with van der Waals surface area (Å²) in [6.45, 7) is 1.88. The SMILES string of the molecule is Cc1ccnc2nc(C(=O)Nc3nc(-c4ccc5c(c4)CCC5)cs3)nn12. The molecule has 1 N–H and O–H groups in total. The largest absolute Gasteiger partial charge is 0.297 e. The molecule has 0 unspecified atom stereocenters. The first-order valence-corrected chi connectivity index (χ1v) is 9.63. The summed E-state index contributed by atoms with van der Waals surface area (Å²) in [5, 5.41) is 9.48. The second-order valence-electron chi connectivity index (χ2n) is 6.56. The van der Waals surface area contributed by atoms with Crippen LogP contribution in [0.5, 0.6) is 0 Å². The van der Waals surface area contributed by atoms with Crippen LogP contribution in [0.4, 0.5) is 5.13 Å². The maximum absolute atomic E-state index is 12.5. The van der Waals surface area contributed by atoms with Gasteiger partial charge in [-0.05, 0) is 49.4 Å². The Morgan fingerprint density at radius 2 is 2.07 bits per heavy atom. The molecule has 0 saturated heterocycles. The molecule has 27 heavy (non-hydrogen) atoms. The van der Waals surface area contributed by atoms with E-state index in [1.165, 1.54) is 28.9 Å². The highest BCUT2D eigenvalue weighted by atomic mass is 32.1. The molecule has 3 heterocycles. The summed E-state index contributed by atoms with van der Waals surface area (Å²) < 4.78 is 1.55. The molecule has 4 aromatic rings. The predicted molar refractivity (Wildman–Crippen MR) is 103 cm³/mol. The molecule has 134 valence electrons. The zero-order valence-electron chi connectivity index (χ0n) is 14.6. The quantitative estimate of drug-likeness (QED) is 0.593. The van der Waals surface area contributed by atoms with Crippen molar-refractivity contribution in [2.24, 2.45) is 0 Å². The Labute approximate surface area is 159 Å². The molecule has 3 aromatic heterocycles. The van der Waals surface area contributed by atoms with Gasteiger partial charge in [0.2, 0.25) is 5.82 Å².